The third-order valence-electron chi connectivity index (χ3n) is 4.35. The second kappa shape index (κ2) is 9.77. The number of benzene rings is 1. The Morgan fingerprint density at radius 1 is 1.22 bits per heavy atom. The van der Waals surface area contributed by atoms with Crippen LogP contribution in [-0.2, 0) is 17.6 Å². The number of nitrogens with zero attached hydrogens (tertiary/aromatic N) is 1. The molecule has 0 saturated carbocycles. The van der Waals surface area contributed by atoms with Gasteiger partial charge in [0.1, 0.15) is 5.75 Å². The molecule has 1 aromatic heterocycles. The molecule has 5 heteroatoms. The summed E-state index contributed by atoms with van der Waals surface area (Å²) in [7, 11) is 0. The normalized spacial score (nSPS) is 11.7. The number of fused-ring (bicyclic) bond motifs is 1. The molecule has 0 aliphatic rings. The number of rotatable bonds is 10. The summed E-state index contributed by atoms with van der Waals surface area (Å²) in [6.07, 6.45) is 4.90. The summed E-state index contributed by atoms with van der Waals surface area (Å²) in [5.74, 6) is 0.934. The molecule has 0 aliphatic carbocycles. The van der Waals surface area contributed by atoms with Crippen LogP contribution in [0.25, 0.3) is 11.0 Å². The Morgan fingerprint density at radius 3 is 2.67 bits per heavy atom. The molecule has 0 saturated heterocycles. The quantitative estimate of drug-likeness (QED) is 0.591. The Kier molecular flexibility index (Phi) is 7.69. The lowest BCUT2D eigenvalue weighted by atomic mass is 9.89. The van der Waals surface area contributed by atoms with Gasteiger partial charge in [0.05, 0.1) is 12.3 Å². The van der Waals surface area contributed by atoms with E-state index in [9.17, 15) is 4.79 Å². The van der Waals surface area contributed by atoms with Crippen molar-refractivity contribution in [1.82, 2.24) is 10.5 Å². The fraction of sp³-hybridized carbons (Fsp3) is 0.636. The van der Waals surface area contributed by atoms with E-state index in [-0.39, 0.29) is 11.3 Å². The first-order chi connectivity index (χ1) is 12.9. The number of hydrogen-bond acceptors (Lipinski definition) is 4. The molecule has 0 radical (unpaired) electrons. The Morgan fingerprint density at radius 2 is 2.00 bits per heavy atom. The summed E-state index contributed by atoms with van der Waals surface area (Å²) in [6, 6.07) is 4.07. The van der Waals surface area contributed by atoms with Gasteiger partial charge in [-0.05, 0) is 43.2 Å². The number of ether oxygens (including phenoxy) is 1. The first kappa shape index (κ1) is 21.3. The predicted octanol–water partition coefficient (Wildman–Crippen LogP) is 5.05. The van der Waals surface area contributed by atoms with Crippen LogP contribution >= 0.6 is 0 Å². The van der Waals surface area contributed by atoms with Crippen LogP contribution in [0.1, 0.15) is 71.6 Å². The van der Waals surface area contributed by atoms with Crippen LogP contribution < -0.4 is 10.1 Å². The molecule has 1 N–H and O–H groups in total. The maximum Gasteiger partial charge on any atom is 0.220 e. The van der Waals surface area contributed by atoms with Gasteiger partial charge in [0.2, 0.25) is 5.91 Å². The standard InChI is InChI=1S/C22H34N2O3/c1-6-9-17-19(26-14-8-10-20(25)23-13-7-2)12-11-16-18(15-22(3,4)5)24-27-21(16)17/h11-12H,6-10,13-15H2,1-5H3,(H,23,25). The van der Waals surface area contributed by atoms with Crippen LogP contribution in [-0.4, -0.2) is 24.2 Å². The molecule has 2 aromatic rings. The van der Waals surface area contributed by atoms with Crippen LogP contribution in [0.15, 0.2) is 16.7 Å². The minimum atomic E-state index is 0.0896. The van der Waals surface area contributed by atoms with Gasteiger partial charge in [0.25, 0.3) is 0 Å². The molecule has 0 spiro atoms. The van der Waals surface area contributed by atoms with Crippen molar-refractivity contribution in [3.05, 3.63) is 23.4 Å². The van der Waals surface area contributed by atoms with E-state index in [0.29, 0.717) is 19.4 Å². The topological polar surface area (TPSA) is 64.4 Å². The molecule has 1 amide bonds. The Bertz CT molecular complexity index is 744. The second-order valence-electron chi connectivity index (χ2n) is 8.34. The van der Waals surface area contributed by atoms with Crippen molar-refractivity contribution in [2.24, 2.45) is 5.41 Å². The number of nitrogens with one attached hydrogen (secondary N) is 1. The van der Waals surface area contributed by atoms with Crippen molar-refractivity contribution in [3.8, 4) is 5.75 Å². The molecule has 0 unspecified atom stereocenters. The van der Waals surface area contributed by atoms with Gasteiger partial charge in [0.15, 0.2) is 5.58 Å². The van der Waals surface area contributed by atoms with E-state index in [1.165, 1.54) is 0 Å². The fourth-order valence-corrected chi connectivity index (χ4v) is 3.11. The summed E-state index contributed by atoms with van der Waals surface area (Å²) in [5.41, 5.74) is 3.09. The molecule has 0 aliphatic heterocycles. The number of carbonyl (C=O) groups is 1. The first-order valence-corrected chi connectivity index (χ1v) is 10.1. The van der Waals surface area contributed by atoms with Gasteiger partial charge in [-0.15, -0.1) is 0 Å². The van der Waals surface area contributed by atoms with E-state index in [1.807, 2.05) is 13.0 Å². The molecule has 0 bridgehead atoms. The van der Waals surface area contributed by atoms with Crippen molar-refractivity contribution < 1.29 is 14.1 Å². The summed E-state index contributed by atoms with van der Waals surface area (Å²) in [5, 5.41) is 8.30. The van der Waals surface area contributed by atoms with Gasteiger partial charge in [-0.3, -0.25) is 4.79 Å². The first-order valence-electron chi connectivity index (χ1n) is 10.1. The van der Waals surface area contributed by atoms with Crippen LogP contribution in [0.3, 0.4) is 0 Å². The van der Waals surface area contributed by atoms with Crippen LogP contribution in [0.4, 0.5) is 0 Å². The molecular weight excluding hydrogens is 340 g/mol. The molecule has 27 heavy (non-hydrogen) atoms. The number of hydrogen-bond donors (Lipinski definition) is 1. The number of aromatic nitrogens is 1. The zero-order valence-electron chi connectivity index (χ0n) is 17.5. The third kappa shape index (κ3) is 6.26. The average molecular weight is 375 g/mol. The van der Waals surface area contributed by atoms with Crippen molar-refractivity contribution in [3.63, 3.8) is 0 Å². The lowest BCUT2D eigenvalue weighted by Gasteiger charge is -2.16. The van der Waals surface area contributed by atoms with Crippen molar-refractivity contribution in [2.45, 2.75) is 73.1 Å². The van der Waals surface area contributed by atoms with Gasteiger partial charge in [0, 0.05) is 23.9 Å². The fourth-order valence-electron chi connectivity index (χ4n) is 3.11. The molecule has 1 aromatic carbocycles. The highest BCUT2D eigenvalue weighted by Crippen LogP contribution is 2.33. The largest absolute Gasteiger partial charge is 0.493 e. The van der Waals surface area contributed by atoms with E-state index in [2.05, 4.69) is 44.2 Å². The maximum atomic E-state index is 11.7. The summed E-state index contributed by atoms with van der Waals surface area (Å²) < 4.78 is 11.7. The van der Waals surface area contributed by atoms with Gasteiger partial charge < -0.3 is 14.6 Å². The number of aryl methyl sites for hydroxylation is 1. The van der Waals surface area contributed by atoms with Gasteiger partial charge in [-0.1, -0.05) is 46.2 Å². The van der Waals surface area contributed by atoms with E-state index in [4.69, 9.17) is 9.26 Å². The lowest BCUT2D eigenvalue weighted by molar-refractivity contribution is -0.121. The van der Waals surface area contributed by atoms with Crippen LogP contribution in [0.5, 0.6) is 5.75 Å². The Hall–Kier alpha value is -2.04. The van der Waals surface area contributed by atoms with E-state index >= 15 is 0 Å². The minimum Gasteiger partial charge on any atom is -0.493 e. The zero-order valence-corrected chi connectivity index (χ0v) is 17.5. The molecule has 5 nitrogen and oxygen atoms in total. The Labute approximate surface area is 162 Å². The van der Waals surface area contributed by atoms with Crippen molar-refractivity contribution in [1.29, 1.82) is 0 Å². The minimum absolute atomic E-state index is 0.0896. The summed E-state index contributed by atoms with van der Waals surface area (Å²) >= 11 is 0. The highest BCUT2D eigenvalue weighted by atomic mass is 16.5. The molecular formula is C22H34N2O3. The van der Waals surface area contributed by atoms with E-state index in [0.717, 1.165) is 60.2 Å². The maximum absolute atomic E-state index is 11.7. The Balaban J connectivity index is 2.08. The highest BCUT2D eigenvalue weighted by molar-refractivity contribution is 5.84. The summed E-state index contributed by atoms with van der Waals surface area (Å²) in [4.78, 5) is 11.7. The van der Waals surface area contributed by atoms with Crippen LogP contribution in [0, 0.1) is 5.41 Å². The number of amides is 1. The van der Waals surface area contributed by atoms with Crippen LogP contribution in [0.2, 0.25) is 0 Å². The molecule has 0 atom stereocenters. The molecule has 150 valence electrons. The van der Waals surface area contributed by atoms with Crippen molar-refractivity contribution >= 4 is 16.9 Å². The molecule has 0 fully saturated rings. The zero-order chi connectivity index (χ0) is 19.9. The van der Waals surface area contributed by atoms with Gasteiger partial charge in [-0.25, -0.2) is 0 Å². The average Bonchev–Trinajstić information content (AvgIpc) is 2.99. The SMILES string of the molecule is CCCNC(=O)CCCOc1ccc2c(CC(C)(C)C)noc2c1CCC. The summed E-state index contributed by atoms with van der Waals surface area (Å²) in [6.45, 7) is 12.1. The molecule has 1 heterocycles. The third-order valence-corrected chi connectivity index (χ3v) is 4.35. The second-order valence-corrected chi connectivity index (χ2v) is 8.34. The highest BCUT2D eigenvalue weighted by Gasteiger charge is 2.20. The molecule has 2 rings (SSSR count). The van der Waals surface area contributed by atoms with E-state index < -0.39 is 0 Å². The lowest BCUT2D eigenvalue weighted by Crippen LogP contribution is -2.24. The van der Waals surface area contributed by atoms with Gasteiger partial charge >= 0.3 is 0 Å². The van der Waals surface area contributed by atoms with E-state index in [1.54, 1.807) is 0 Å². The number of carbonyl (C=O) groups excluding carboxylic acids is 1. The smallest absolute Gasteiger partial charge is 0.220 e. The predicted molar refractivity (Wildman–Crippen MR) is 109 cm³/mol. The monoisotopic (exact) mass is 374 g/mol. The van der Waals surface area contributed by atoms with Gasteiger partial charge in [-0.2, -0.15) is 0 Å². The van der Waals surface area contributed by atoms with Crippen molar-refractivity contribution in [2.75, 3.05) is 13.2 Å².